The lowest BCUT2D eigenvalue weighted by molar-refractivity contribution is 0.0949. The molecule has 0 saturated heterocycles. The number of benzene rings is 3. The average Bonchev–Trinajstić information content (AvgIpc) is 3.10. The van der Waals surface area contributed by atoms with E-state index in [1.165, 1.54) is 0 Å². The van der Waals surface area contributed by atoms with Gasteiger partial charge in [0, 0.05) is 5.56 Å². The number of fused-ring (bicyclic) bond motifs is 1. The topological polar surface area (TPSA) is 67.0 Å². The van der Waals surface area contributed by atoms with Gasteiger partial charge in [-0.05, 0) is 42.5 Å². The molecule has 3 aromatic carbocycles. The summed E-state index contributed by atoms with van der Waals surface area (Å²) in [6.07, 6.45) is 0. The summed E-state index contributed by atoms with van der Waals surface area (Å²) in [5, 5.41) is 2.88. The number of ether oxygens (including phenoxy) is 1. The monoisotopic (exact) mass is 343 g/mol. The molecule has 4 rings (SSSR count). The molecular formula is C21H17N3O2. The van der Waals surface area contributed by atoms with Gasteiger partial charge in [-0.15, -0.1) is 0 Å². The number of amides is 1. The van der Waals surface area contributed by atoms with Crippen molar-refractivity contribution in [2.24, 2.45) is 0 Å². The molecule has 0 saturated carbocycles. The Morgan fingerprint density at radius 1 is 0.923 bits per heavy atom. The summed E-state index contributed by atoms with van der Waals surface area (Å²) >= 11 is 0. The van der Waals surface area contributed by atoms with Crippen molar-refractivity contribution >= 4 is 16.9 Å². The fourth-order valence-corrected chi connectivity index (χ4v) is 2.68. The predicted molar refractivity (Wildman–Crippen MR) is 100 cm³/mol. The first-order valence-corrected chi connectivity index (χ1v) is 8.33. The second-order valence-corrected chi connectivity index (χ2v) is 5.83. The third-order valence-electron chi connectivity index (χ3n) is 3.93. The van der Waals surface area contributed by atoms with Gasteiger partial charge in [0.2, 0.25) is 0 Å². The normalized spacial score (nSPS) is 10.6. The van der Waals surface area contributed by atoms with Crippen molar-refractivity contribution in [3.05, 3.63) is 90.3 Å². The summed E-state index contributed by atoms with van der Waals surface area (Å²) in [4.78, 5) is 20.1. The number of hydrogen-bond acceptors (Lipinski definition) is 3. The summed E-state index contributed by atoms with van der Waals surface area (Å²) in [6, 6.07) is 24.3. The summed E-state index contributed by atoms with van der Waals surface area (Å²) in [6.45, 7) is 0.331. The van der Waals surface area contributed by atoms with Crippen molar-refractivity contribution < 1.29 is 9.53 Å². The van der Waals surface area contributed by atoms with E-state index in [9.17, 15) is 4.79 Å². The van der Waals surface area contributed by atoms with Crippen molar-refractivity contribution in [2.75, 3.05) is 0 Å². The fraction of sp³-hybridized carbons (Fsp3) is 0.0476. The standard InChI is InChI=1S/C21H17N3O2/c25-21(22-14-20-23-18-11-4-5-12-19(18)24-20)15-7-6-10-17(13-15)26-16-8-2-1-3-9-16/h1-13H,14H2,(H,22,25)(H,23,24). The van der Waals surface area contributed by atoms with Gasteiger partial charge in [-0.1, -0.05) is 36.4 Å². The molecule has 0 bridgehead atoms. The second-order valence-electron chi connectivity index (χ2n) is 5.83. The van der Waals surface area contributed by atoms with E-state index in [2.05, 4.69) is 15.3 Å². The van der Waals surface area contributed by atoms with Crippen LogP contribution in [0, 0.1) is 0 Å². The maximum absolute atomic E-state index is 12.4. The summed E-state index contributed by atoms with van der Waals surface area (Å²) in [7, 11) is 0. The van der Waals surface area contributed by atoms with Crippen LogP contribution < -0.4 is 10.1 Å². The molecule has 0 unspecified atom stereocenters. The van der Waals surface area contributed by atoms with Gasteiger partial charge in [0.05, 0.1) is 17.6 Å². The van der Waals surface area contributed by atoms with Gasteiger partial charge in [-0.25, -0.2) is 4.98 Å². The lowest BCUT2D eigenvalue weighted by atomic mass is 10.2. The molecule has 0 aliphatic heterocycles. The number of para-hydroxylation sites is 3. The largest absolute Gasteiger partial charge is 0.457 e. The zero-order valence-electron chi connectivity index (χ0n) is 14.0. The van der Waals surface area contributed by atoms with E-state index in [-0.39, 0.29) is 5.91 Å². The fourth-order valence-electron chi connectivity index (χ4n) is 2.68. The SMILES string of the molecule is O=C(NCc1nc2ccccc2[nH]1)c1cccc(Oc2ccccc2)c1. The molecule has 0 fully saturated rings. The Labute approximate surface area is 150 Å². The van der Waals surface area contributed by atoms with Gasteiger partial charge in [0.15, 0.2) is 0 Å². The van der Waals surface area contributed by atoms with Gasteiger partial charge in [0.1, 0.15) is 17.3 Å². The first-order chi connectivity index (χ1) is 12.8. The molecule has 0 atom stereocenters. The maximum Gasteiger partial charge on any atom is 0.251 e. The first-order valence-electron chi connectivity index (χ1n) is 8.33. The molecule has 1 heterocycles. The van der Waals surface area contributed by atoms with Crippen LogP contribution in [-0.2, 0) is 6.54 Å². The molecule has 0 aliphatic rings. The van der Waals surface area contributed by atoms with E-state index in [0.717, 1.165) is 22.6 Å². The summed E-state index contributed by atoms with van der Waals surface area (Å²) in [5.41, 5.74) is 2.37. The van der Waals surface area contributed by atoms with Crippen LogP contribution in [0.25, 0.3) is 11.0 Å². The van der Waals surface area contributed by atoms with E-state index >= 15 is 0 Å². The van der Waals surface area contributed by atoms with E-state index < -0.39 is 0 Å². The number of rotatable bonds is 5. The third-order valence-corrected chi connectivity index (χ3v) is 3.93. The molecule has 1 aromatic heterocycles. The Kier molecular flexibility index (Phi) is 4.35. The van der Waals surface area contributed by atoms with E-state index in [1.54, 1.807) is 18.2 Å². The van der Waals surface area contributed by atoms with Crippen molar-refractivity contribution in [1.82, 2.24) is 15.3 Å². The zero-order valence-corrected chi connectivity index (χ0v) is 14.0. The molecule has 5 heteroatoms. The minimum absolute atomic E-state index is 0.177. The Morgan fingerprint density at radius 2 is 1.69 bits per heavy atom. The quantitative estimate of drug-likeness (QED) is 0.568. The molecule has 0 spiro atoms. The third kappa shape index (κ3) is 3.57. The van der Waals surface area contributed by atoms with E-state index in [0.29, 0.717) is 17.9 Å². The number of imidazole rings is 1. The Bertz CT molecular complexity index is 1010. The van der Waals surface area contributed by atoms with Gasteiger partial charge in [0.25, 0.3) is 5.91 Å². The van der Waals surface area contributed by atoms with Gasteiger partial charge >= 0.3 is 0 Å². The van der Waals surface area contributed by atoms with E-state index in [1.807, 2.05) is 60.7 Å². The number of aromatic amines is 1. The minimum atomic E-state index is -0.177. The Hall–Kier alpha value is -3.60. The Morgan fingerprint density at radius 3 is 2.54 bits per heavy atom. The van der Waals surface area contributed by atoms with Crippen LogP contribution in [0.4, 0.5) is 0 Å². The van der Waals surface area contributed by atoms with Crippen molar-refractivity contribution in [2.45, 2.75) is 6.54 Å². The zero-order chi connectivity index (χ0) is 17.8. The maximum atomic E-state index is 12.4. The van der Waals surface area contributed by atoms with Crippen LogP contribution in [-0.4, -0.2) is 15.9 Å². The first kappa shape index (κ1) is 15.9. The van der Waals surface area contributed by atoms with E-state index in [4.69, 9.17) is 4.74 Å². The smallest absolute Gasteiger partial charge is 0.251 e. The van der Waals surface area contributed by atoms with Gasteiger partial charge in [-0.2, -0.15) is 0 Å². The lowest BCUT2D eigenvalue weighted by Gasteiger charge is -2.08. The molecule has 5 nitrogen and oxygen atoms in total. The van der Waals surface area contributed by atoms with Gasteiger partial charge < -0.3 is 15.0 Å². The number of carbonyl (C=O) groups is 1. The lowest BCUT2D eigenvalue weighted by Crippen LogP contribution is -2.23. The van der Waals surface area contributed by atoms with Gasteiger partial charge in [-0.3, -0.25) is 4.79 Å². The number of carbonyl (C=O) groups excluding carboxylic acids is 1. The average molecular weight is 343 g/mol. The summed E-state index contributed by atoms with van der Waals surface area (Å²) in [5.74, 6) is 1.89. The highest BCUT2D eigenvalue weighted by Crippen LogP contribution is 2.21. The number of aromatic nitrogens is 2. The second kappa shape index (κ2) is 7.11. The highest BCUT2D eigenvalue weighted by molar-refractivity contribution is 5.94. The molecule has 2 N–H and O–H groups in total. The highest BCUT2D eigenvalue weighted by atomic mass is 16.5. The molecule has 26 heavy (non-hydrogen) atoms. The predicted octanol–water partition coefficient (Wildman–Crippen LogP) is 4.29. The Balaban J connectivity index is 1.43. The van der Waals surface area contributed by atoms with Crippen molar-refractivity contribution in [1.29, 1.82) is 0 Å². The number of nitrogens with zero attached hydrogens (tertiary/aromatic N) is 1. The van der Waals surface area contributed by atoms with Crippen LogP contribution in [0.2, 0.25) is 0 Å². The number of H-pyrrole nitrogens is 1. The number of hydrogen-bond donors (Lipinski definition) is 2. The van der Waals surface area contributed by atoms with Crippen LogP contribution in [0.3, 0.4) is 0 Å². The number of nitrogens with one attached hydrogen (secondary N) is 2. The van der Waals surface area contributed by atoms with Crippen LogP contribution in [0.5, 0.6) is 11.5 Å². The van der Waals surface area contributed by atoms with Crippen LogP contribution >= 0.6 is 0 Å². The summed E-state index contributed by atoms with van der Waals surface area (Å²) < 4.78 is 5.77. The highest BCUT2D eigenvalue weighted by Gasteiger charge is 2.09. The molecule has 0 radical (unpaired) electrons. The van der Waals surface area contributed by atoms with Crippen molar-refractivity contribution in [3.8, 4) is 11.5 Å². The minimum Gasteiger partial charge on any atom is -0.457 e. The molecule has 0 aliphatic carbocycles. The molecule has 128 valence electrons. The molecular weight excluding hydrogens is 326 g/mol. The van der Waals surface area contributed by atoms with Crippen LogP contribution in [0.15, 0.2) is 78.9 Å². The molecule has 4 aromatic rings. The molecule has 1 amide bonds. The van der Waals surface area contributed by atoms with Crippen LogP contribution in [0.1, 0.15) is 16.2 Å². The van der Waals surface area contributed by atoms with Crippen molar-refractivity contribution in [3.63, 3.8) is 0 Å².